The Bertz CT molecular complexity index is 1110. The molecule has 0 saturated heterocycles. The summed E-state index contributed by atoms with van der Waals surface area (Å²) >= 11 is 6.20. The van der Waals surface area contributed by atoms with Gasteiger partial charge in [0, 0.05) is 35.9 Å². The van der Waals surface area contributed by atoms with E-state index in [-0.39, 0.29) is 18.4 Å². The van der Waals surface area contributed by atoms with E-state index in [1.807, 2.05) is 18.0 Å². The minimum Gasteiger partial charge on any atom is -0.481 e. The number of fused-ring (bicyclic) bond motifs is 1. The molecule has 3 aromatic rings. The smallest absolute Gasteiger partial charge is 0.262 e. The van der Waals surface area contributed by atoms with Crippen molar-refractivity contribution in [2.24, 2.45) is 0 Å². The molecule has 0 radical (unpaired) electrons. The van der Waals surface area contributed by atoms with Crippen molar-refractivity contribution in [3.05, 3.63) is 65.3 Å². The van der Waals surface area contributed by atoms with Crippen LogP contribution < -0.4 is 10.1 Å². The summed E-state index contributed by atoms with van der Waals surface area (Å²) in [4.78, 5) is 31.3. The van der Waals surface area contributed by atoms with Crippen molar-refractivity contribution in [3.8, 4) is 5.75 Å². The maximum Gasteiger partial charge on any atom is 0.262 e. The van der Waals surface area contributed by atoms with Gasteiger partial charge in [-0.05, 0) is 61.4 Å². The number of benzene rings is 2. The molecule has 0 atom stereocenters. The number of nitrogens with one attached hydrogen (secondary N) is 1. The van der Waals surface area contributed by atoms with Crippen LogP contribution in [0, 0.1) is 0 Å². The third kappa shape index (κ3) is 5.02. The molecule has 6 nitrogen and oxygen atoms in total. The molecule has 1 heterocycles. The van der Waals surface area contributed by atoms with Crippen LogP contribution in [0.4, 0.5) is 5.69 Å². The highest BCUT2D eigenvalue weighted by Gasteiger charge is 2.23. The SMILES string of the molecule is CN(C(=O)c1ccc(NC(=O)COc2ccc(Cl)c3cccnc23)cc1)C1CCCCC1. The second kappa shape index (κ2) is 10.0. The monoisotopic (exact) mass is 451 g/mol. The van der Waals surface area contributed by atoms with Gasteiger partial charge in [-0.2, -0.15) is 0 Å². The first-order valence-electron chi connectivity index (χ1n) is 10.9. The van der Waals surface area contributed by atoms with Gasteiger partial charge in [-0.15, -0.1) is 0 Å². The predicted octanol–water partition coefficient (Wildman–Crippen LogP) is 5.31. The zero-order valence-corrected chi connectivity index (χ0v) is 18.8. The number of rotatable bonds is 6. The van der Waals surface area contributed by atoms with E-state index in [0.29, 0.717) is 33.6 Å². The van der Waals surface area contributed by atoms with Gasteiger partial charge in [0.2, 0.25) is 0 Å². The number of carbonyl (C=O) groups excluding carboxylic acids is 2. The Kier molecular flexibility index (Phi) is 6.90. The van der Waals surface area contributed by atoms with E-state index < -0.39 is 0 Å². The second-order valence-corrected chi connectivity index (χ2v) is 8.47. The second-order valence-electron chi connectivity index (χ2n) is 8.07. The minimum atomic E-state index is -0.303. The Labute approximate surface area is 192 Å². The number of aromatic nitrogens is 1. The van der Waals surface area contributed by atoms with Crippen molar-refractivity contribution >= 4 is 40.0 Å². The average molecular weight is 452 g/mol. The van der Waals surface area contributed by atoms with Gasteiger partial charge < -0.3 is 15.0 Å². The lowest BCUT2D eigenvalue weighted by Crippen LogP contribution is -2.38. The first-order chi connectivity index (χ1) is 15.5. The molecule has 1 N–H and O–H groups in total. The zero-order chi connectivity index (χ0) is 22.5. The standard InChI is InChI=1S/C25H26ClN3O3/c1-29(19-6-3-2-4-7-19)25(31)17-9-11-18(12-10-17)28-23(30)16-32-22-14-13-21(26)20-8-5-15-27-24(20)22/h5,8-15,19H,2-4,6-7,16H2,1H3,(H,28,30). The van der Waals surface area contributed by atoms with Gasteiger partial charge >= 0.3 is 0 Å². The largest absolute Gasteiger partial charge is 0.481 e. The van der Waals surface area contributed by atoms with E-state index in [2.05, 4.69) is 10.3 Å². The first-order valence-corrected chi connectivity index (χ1v) is 11.2. The van der Waals surface area contributed by atoms with Crippen LogP contribution in [0.5, 0.6) is 5.75 Å². The lowest BCUT2D eigenvalue weighted by molar-refractivity contribution is -0.118. The van der Waals surface area contributed by atoms with Gasteiger partial charge in [-0.25, -0.2) is 0 Å². The molecule has 32 heavy (non-hydrogen) atoms. The Hall–Kier alpha value is -3.12. The Balaban J connectivity index is 1.34. The molecule has 2 aromatic carbocycles. The molecule has 2 amide bonds. The minimum absolute atomic E-state index is 0.0141. The molecule has 0 aliphatic heterocycles. The molecule has 4 rings (SSSR count). The van der Waals surface area contributed by atoms with Crippen molar-refractivity contribution in [2.45, 2.75) is 38.1 Å². The zero-order valence-electron chi connectivity index (χ0n) is 18.0. The number of anilines is 1. The van der Waals surface area contributed by atoms with Crippen molar-refractivity contribution in [1.29, 1.82) is 0 Å². The van der Waals surface area contributed by atoms with Crippen LogP contribution in [0.15, 0.2) is 54.7 Å². The molecule has 166 valence electrons. The maximum absolute atomic E-state index is 12.8. The molecule has 1 aromatic heterocycles. The van der Waals surface area contributed by atoms with Gasteiger partial charge in [0.1, 0.15) is 11.3 Å². The predicted molar refractivity (Wildman–Crippen MR) is 126 cm³/mol. The summed E-state index contributed by atoms with van der Waals surface area (Å²) in [5.74, 6) is 0.203. The number of nitrogens with zero attached hydrogens (tertiary/aromatic N) is 2. The molecule has 0 spiro atoms. The first kappa shape index (κ1) is 22.1. The fourth-order valence-corrected chi connectivity index (χ4v) is 4.32. The normalized spacial score (nSPS) is 14.2. The van der Waals surface area contributed by atoms with E-state index in [1.54, 1.807) is 48.7 Å². The van der Waals surface area contributed by atoms with Gasteiger partial charge in [0.25, 0.3) is 11.8 Å². The van der Waals surface area contributed by atoms with E-state index in [1.165, 1.54) is 19.3 Å². The summed E-state index contributed by atoms with van der Waals surface area (Å²) in [6, 6.07) is 14.3. The molecule has 0 unspecified atom stereocenters. The molecular weight excluding hydrogens is 426 g/mol. The van der Waals surface area contributed by atoms with Crippen LogP contribution in [0.2, 0.25) is 5.02 Å². The Morgan fingerprint density at radius 1 is 1.09 bits per heavy atom. The third-order valence-electron chi connectivity index (χ3n) is 5.90. The quantitative estimate of drug-likeness (QED) is 0.551. The highest BCUT2D eigenvalue weighted by molar-refractivity contribution is 6.35. The lowest BCUT2D eigenvalue weighted by atomic mass is 9.94. The summed E-state index contributed by atoms with van der Waals surface area (Å²) in [6.07, 6.45) is 7.39. The highest BCUT2D eigenvalue weighted by Crippen LogP contribution is 2.29. The van der Waals surface area contributed by atoms with Gasteiger partial charge in [0.05, 0.1) is 5.02 Å². The van der Waals surface area contributed by atoms with Crippen LogP contribution >= 0.6 is 11.6 Å². The summed E-state index contributed by atoms with van der Waals surface area (Å²) in [5.41, 5.74) is 1.83. The third-order valence-corrected chi connectivity index (χ3v) is 6.23. The summed E-state index contributed by atoms with van der Waals surface area (Å²) in [6.45, 7) is -0.168. The van der Waals surface area contributed by atoms with Gasteiger partial charge in [-0.3, -0.25) is 14.6 Å². The van der Waals surface area contributed by atoms with Gasteiger partial charge in [-0.1, -0.05) is 30.9 Å². The molecule has 0 bridgehead atoms. The Morgan fingerprint density at radius 2 is 1.84 bits per heavy atom. The van der Waals surface area contributed by atoms with E-state index >= 15 is 0 Å². The molecular formula is C25H26ClN3O3. The molecule has 1 fully saturated rings. The van der Waals surface area contributed by atoms with Crippen molar-refractivity contribution in [3.63, 3.8) is 0 Å². The number of ether oxygens (including phenoxy) is 1. The number of hydrogen-bond acceptors (Lipinski definition) is 4. The van der Waals surface area contributed by atoms with Gasteiger partial charge in [0.15, 0.2) is 6.61 Å². The van der Waals surface area contributed by atoms with Crippen molar-refractivity contribution in [2.75, 3.05) is 19.0 Å². The molecule has 1 saturated carbocycles. The molecule has 1 aliphatic carbocycles. The fraction of sp³-hybridized carbons (Fsp3) is 0.320. The van der Waals surface area contributed by atoms with Crippen LogP contribution in [0.25, 0.3) is 10.9 Å². The topological polar surface area (TPSA) is 71.5 Å². The number of amides is 2. The summed E-state index contributed by atoms with van der Waals surface area (Å²) in [7, 11) is 1.88. The fourth-order valence-electron chi connectivity index (χ4n) is 4.10. The molecule has 7 heteroatoms. The highest BCUT2D eigenvalue weighted by atomic mass is 35.5. The number of halogens is 1. The van der Waals surface area contributed by atoms with Crippen LogP contribution in [0.1, 0.15) is 42.5 Å². The van der Waals surface area contributed by atoms with E-state index in [9.17, 15) is 9.59 Å². The van der Waals surface area contributed by atoms with Crippen LogP contribution in [0.3, 0.4) is 0 Å². The Morgan fingerprint density at radius 3 is 2.59 bits per heavy atom. The van der Waals surface area contributed by atoms with E-state index in [4.69, 9.17) is 16.3 Å². The average Bonchev–Trinajstić information content (AvgIpc) is 2.84. The van der Waals surface area contributed by atoms with Crippen LogP contribution in [-0.4, -0.2) is 41.4 Å². The number of pyridine rings is 1. The van der Waals surface area contributed by atoms with Crippen molar-refractivity contribution < 1.29 is 14.3 Å². The molecule has 1 aliphatic rings. The maximum atomic E-state index is 12.8. The van der Waals surface area contributed by atoms with Crippen molar-refractivity contribution in [1.82, 2.24) is 9.88 Å². The number of hydrogen-bond donors (Lipinski definition) is 1. The van der Waals surface area contributed by atoms with E-state index in [0.717, 1.165) is 18.2 Å². The number of carbonyl (C=O) groups is 2. The van der Waals surface area contributed by atoms with Crippen LogP contribution in [-0.2, 0) is 4.79 Å². The summed E-state index contributed by atoms with van der Waals surface area (Å²) < 4.78 is 5.67. The summed E-state index contributed by atoms with van der Waals surface area (Å²) in [5, 5.41) is 4.14. The lowest BCUT2D eigenvalue weighted by Gasteiger charge is -2.31.